The molecule has 0 radical (unpaired) electrons. The highest BCUT2D eigenvalue weighted by Crippen LogP contribution is 2.21. The summed E-state index contributed by atoms with van der Waals surface area (Å²) in [4.78, 5) is 9.42. The van der Waals surface area contributed by atoms with Crippen LogP contribution in [0.1, 0.15) is 39.0 Å². The van der Waals surface area contributed by atoms with Crippen molar-refractivity contribution >= 4 is 29.9 Å². The third kappa shape index (κ3) is 5.94. The summed E-state index contributed by atoms with van der Waals surface area (Å²) >= 11 is 0. The van der Waals surface area contributed by atoms with E-state index < -0.39 is 0 Å². The second-order valence-electron chi connectivity index (χ2n) is 7.26. The SMILES string of the molecule is CN=C(NCCN1CCCCC1C)N1CCOC(C2CCCO2)C1.I. The molecule has 146 valence electrons. The Morgan fingerprint density at radius 1 is 1.08 bits per heavy atom. The maximum atomic E-state index is 5.94. The molecular formula is C18H35IN4O2. The fraction of sp³-hybridized carbons (Fsp3) is 0.944. The van der Waals surface area contributed by atoms with Crippen LogP contribution in [-0.4, -0.2) is 87.0 Å². The third-order valence-electron chi connectivity index (χ3n) is 5.61. The van der Waals surface area contributed by atoms with Gasteiger partial charge in [0, 0.05) is 45.9 Å². The van der Waals surface area contributed by atoms with Gasteiger partial charge in [0.2, 0.25) is 0 Å². The van der Waals surface area contributed by atoms with Gasteiger partial charge in [-0.3, -0.25) is 9.89 Å². The molecule has 3 saturated heterocycles. The van der Waals surface area contributed by atoms with E-state index in [1.807, 2.05) is 7.05 Å². The number of nitrogens with one attached hydrogen (secondary N) is 1. The second-order valence-corrected chi connectivity index (χ2v) is 7.26. The largest absolute Gasteiger partial charge is 0.375 e. The van der Waals surface area contributed by atoms with E-state index in [9.17, 15) is 0 Å². The minimum atomic E-state index is 0. The Hall–Kier alpha value is -0.120. The van der Waals surface area contributed by atoms with Gasteiger partial charge >= 0.3 is 0 Å². The molecule has 0 aromatic heterocycles. The molecule has 3 fully saturated rings. The molecule has 3 heterocycles. The van der Waals surface area contributed by atoms with Crippen LogP contribution in [-0.2, 0) is 9.47 Å². The molecule has 0 saturated carbocycles. The lowest BCUT2D eigenvalue weighted by Crippen LogP contribution is -2.54. The van der Waals surface area contributed by atoms with E-state index in [0.717, 1.165) is 64.2 Å². The van der Waals surface area contributed by atoms with Crippen molar-refractivity contribution in [2.75, 3.05) is 53.0 Å². The molecule has 1 N–H and O–H groups in total. The Morgan fingerprint density at radius 2 is 1.92 bits per heavy atom. The van der Waals surface area contributed by atoms with Gasteiger partial charge in [-0.25, -0.2) is 0 Å². The van der Waals surface area contributed by atoms with Crippen molar-refractivity contribution < 1.29 is 9.47 Å². The number of ether oxygens (including phenoxy) is 2. The number of aliphatic imine (C=N–C) groups is 1. The molecule has 25 heavy (non-hydrogen) atoms. The number of rotatable bonds is 4. The summed E-state index contributed by atoms with van der Waals surface area (Å²) in [6.45, 7) is 9.06. The van der Waals surface area contributed by atoms with Crippen LogP contribution in [0.15, 0.2) is 4.99 Å². The minimum Gasteiger partial charge on any atom is -0.375 e. The number of halogens is 1. The molecular weight excluding hydrogens is 431 g/mol. The predicted octanol–water partition coefficient (Wildman–Crippen LogP) is 1.93. The molecule has 0 aliphatic carbocycles. The number of nitrogens with zero attached hydrogens (tertiary/aromatic N) is 3. The molecule has 0 aromatic carbocycles. The summed E-state index contributed by atoms with van der Waals surface area (Å²) < 4.78 is 11.8. The Labute approximate surface area is 169 Å². The van der Waals surface area contributed by atoms with E-state index in [1.165, 1.54) is 25.8 Å². The van der Waals surface area contributed by atoms with Crippen molar-refractivity contribution in [3.63, 3.8) is 0 Å². The minimum absolute atomic E-state index is 0. The molecule has 3 atom stereocenters. The first-order chi connectivity index (χ1) is 11.8. The fourth-order valence-corrected chi connectivity index (χ4v) is 4.12. The van der Waals surface area contributed by atoms with E-state index in [4.69, 9.17) is 9.47 Å². The monoisotopic (exact) mass is 466 g/mol. The molecule has 7 heteroatoms. The van der Waals surface area contributed by atoms with E-state index in [2.05, 4.69) is 27.0 Å². The Kier molecular flexibility index (Phi) is 9.23. The number of piperidine rings is 1. The fourth-order valence-electron chi connectivity index (χ4n) is 4.12. The van der Waals surface area contributed by atoms with Crippen molar-refractivity contribution in [1.82, 2.24) is 15.1 Å². The predicted molar refractivity (Wildman–Crippen MR) is 112 cm³/mol. The van der Waals surface area contributed by atoms with Crippen molar-refractivity contribution in [3.05, 3.63) is 0 Å². The summed E-state index contributed by atoms with van der Waals surface area (Å²) in [5, 5.41) is 3.56. The number of likely N-dealkylation sites (tertiary alicyclic amines) is 1. The summed E-state index contributed by atoms with van der Waals surface area (Å²) in [5.74, 6) is 1.01. The zero-order chi connectivity index (χ0) is 16.8. The smallest absolute Gasteiger partial charge is 0.193 e. The first-order valence-electron chi connectivity index (χ1n) is 9.71. The quantitative estimate of drug-likeness (QED) is 0.390. The van der Waals surface area contributed by atoms with Crippen LogP contribution in [0.2, 0.25) is 0 Å². The van der Waals surface area contributed by atoms with E-state index >= 15 is 0 Å². The van der Waals surface area contributed by atoms with Gasteiger partial charge in [0.1, 0.15) is 6.10 Å². The lowest BCUT2D eigenvalue weighted by atomic mass is 10.0. The molecule has 3 aliphatic heterocycles. The molecule has 0 spiro atoms. The number of morpholine rings is 1. The number of hydrogen-bond acceptors (Lipinski definition) is 4. The first-order valence-corrected chi connectivity index (χ1v) is 9.71. The molecule has 0 bridgehead atoms. The normalized spacial score (nSPS) is 31.7. The van der Waals surface area contributed by atoms with Gasteiger partial charge in [-0.15, -0.1) is 24.0 Å². The van der Waals surface area contributed by atoms with Crippen LogP contribution in [0, 0.1) is 0 Å². The van der Waals surface area contributed by atoms with Crippen LogP contribution < -0.4 is 5.32 Å². The van der Waals surface area contributed by atoms with E-state index in [-0.39, 0.29) is 36.2 Å². The van der Waals surface area contributed by atoms with Gasteiger partial charge in [0.25, 0.3) is 0 Å². The zero-order valence-electron chi connectivity index (χ0n) is 15.8. The molecule has 3 rings (SSSR count). The Morgan fingerprint density at radius 3 is 2.64 bits per heavy atom. The van der Waals surface area contributed by atoms with Crippen molar-refractivity contribution in [3.8, 4) is 0 Å². The average Bonchev–Trinajstić information content (AvgIpc) is 3.15. The van der Waals surface area contributed by atoms with Crippen LogP contribution in [0.3, 0.4) is 0 Å². The van der Waals surface area contributed by atoms with Gasteiger partial charge in [-0.2, -0.15) is 0 Å². The third-order valence-corrected chi connectivity index (χ3v) is 5.61. The zero-order valence-corrected chi connectivity index (χ0v) is 18.1. The van der Waals surface area contributed by atoms with Crippen molar-refractivity contribution in [2.24, 2.45) is 4.99 Å². The summed E-state index contributed by atoms with van der Waals surface area (Å²) in [7, 11) is 1.88. The second kappa shape index (κ2) is 10.9. The van der Waals surface area contributed by atoms with E-state index in [0.29, 0.717) is 0 Å². The van der Waals surface area contributed by atoms with Crippen molar-refractivity contribution in [2.45, 2.75) is 57.3 Å². The topological polar surface area (TPSA) is 49.3 Å². The molecule has 0 amide bonds. The van der Waals surface area contributed by atoms with Gasteiger partial charge in [-0.1, -0.05) is 6.42 Å². The van der Waals surface area contributed by atoms with Crippen LogP contribution in [0.5, 0.6) is 0 Å². The highest BCUT2D eigenvalue weighted by atomic mass is 127. The lowest BCUT2D eigenvalue weighted by molar-refractivity contribution is -0.0817. The molecule has 3 aliphatic rings. The number of hydrogen-bond donors (Lipinski definition) is 1. The summed E-state index contributed by atoms with van der Waals surface area (Å²) in [5.41, 5.74) is 0. The average molecular weight is 466 g/mol. The van der Waals surface area contributed by atoms with E-state index in [1.54, 1.807) is 0 Å². The number of guanidine groups is 1. The van der Waals surface area contributed by atoms with Gasteiger partial charge < -0.3 is 19.7 Å². The van der Waals surface area contributed by atoms with Crippen LogP contribution >= 0.6 is 24.0 Å². The van der Waals surface area contributed by atoms with Crippen LogP contribution in [0.4, 0.5) is 0 Å². The molecule has 0 aromatic rings. The Balaban J connectivity index is 0.00000225. The standard InChI is InChI=1S/C18H34N4O2.HI/c1-15-6-3-4-9-21(15)10-8-20-18(19-2)22-11-13-24-17(14-22)16-7-5-12-23-16;/h15-17H,3-14H2,1-2H3,(H,19,20);1H. The van der Waals surface area contributed by atoms with Gasteiger partial charge in [0.15, 0.2) is 5.96 Å². The highest BCUT2D eigenvalue weighted by molar-refractivity contribution is 14.0. The maximum absolute atomic E-state index is 5.94. The first kappa shape index (κ1) is 21.2. The molecule has 6 nitrogen and oxygen atoms in total. The highest BCUT2D eigenvalue weighted by Gasteiger charge is 2.32. The summed E-state index contributed by atoms with van der Waals surface area (Å²) in [6, 6.07) is 0.717. The Bertz CT molecular complexity index is 418. The molecule has 3 unspecified atom stereocenters. The summed E-state index contributed by atoms with van der Waals surface area (Å²) in [6.07, 6.45) is 6.78. The van der Waals surface area contributed by atoms with Gasteiger partial charge in [0.05, 0.1) is 12.7 Å². The lowest BCUT2D eigenvalue weighted by Gasteiger charge is -2.37. The van der Waals surface area contributed by atoms with Crippen LogP contribution in [0.25, 0.3) is 0 Å². The van der Waals surface area contributed by atoms with Gasteiger partial charge in [-0.05, 0) is 39.2 Å². The maximum Gasteiger partial charge on any atom is 0.193 e. The van der Waals surface area contributed by atoms with Crippen molar-refractivity contribution in [1.29, 1.82) is 0 Å².